The number of nitrogen functional groups attached to an aromatic ring is 1. The second kappa shape index (κ2) is 7.18. The molecule has 0 unspecified atom stereocenters. The lowest BCUT2D eigenvalue weighted by molar-refractivity contribution is 0.108. The molecule has 0 aromatic carbocycles. The number of nitrogens with two attached hydrogens (primary N) is 1. The van der Waals surface area contributed by atoms with E-state index in [1.807, 2.05) is 29.2 Å². The van der Waals surface area contributed by atoms with Crippen LogP contribution in [0, 0.1) is 0 Å². The van der Waals surface area contributed by atoms with E-state index in [2.05, 4.69) is 26.6 Å². The molecule has 0 atom stereocenters. The highest BCUT2D eigenvalue weighted by atomic mass is 32.1. The number of aliphatic hydroxyl groups is 1. The van der Waals surface area contributed by atoms with E-state index in [9.17, 15) is 5.11 Å². The van der Waals surface area contributed by atoms with Crippen molar-refractivity contribution in [1.29, 1.82) is 0 Å². The maximum atomic E-state index is 9.79. The van der Waals surface area contributed by atoms with Crippen molar-refractivity contribution in [3.63, 3.8) is 0 Å². The molecule has 1 fully saturated rings. The SMILES string of the molecule is Nc1ncc(-c2cnn([C@H]3CC[C@H](O)CC3)c2)c2cc(-c3csc4cnccc34)oc12. The zero-order valence-electron chi connectivity index (χ0n) is 16.7. The van der Waals surface area contributed by atoms with Gasteiger partial charge in [-0.05, 0) is 37.8 Å². The van der Waals surface area contributed by atoms with Crippen LogP contribution in [-0.2, 0) is 0 Å². The summed E-state index contributed by atoms with van der Waals surface area (Å²) in [6.45, 7) is 0. The fourth-order valence-electron chi connectivity index (χ4n) is 4.48. The van der Waals surface area contributed by atoms with Crippen molar-refractivity contribution in [1.82, 2.24) is 19.7 Å². The van der Waals surface area contributed by atoms with Crippen molar-refractivity contribution >= 4 is 38.2 Å². The van der Waals surface area contributed by atoms with Crippen LogP contribution in [0.15, 0.2) is 52.9 Å². The van der Waals surface area contributed by atoms with Crippen LogP contribution in [0.4, 0.5) is 5.82 Å². The quantitative estimate of drug-likeness (QED) is 0.415. The molecule has 8 heteroatoms. The number of pyridine rings is 2. The first kappa shape index (κ1) is 18.5. The summed E-state index contributed by atoms with van der Waals surface area (Å²) in [4.78, 5) is 8.58. The first-order valence-electron chi connectivity index (χ1n) is 10.4. The Morgan fingerprint density at radius 2 is 1.97 bits per heavy atom. The number of anilines is 1. The van der Waals surface area contributed by atoms with Gasteiger partial charge in [-0.15, -0.1) is 11.3 Å². The summed E-state index contributed by atoms with van der Waals surface area (Å²) >= 11 is 1.64. The van der Waals surface area contributed by atoms with Crippen molar-refractivity contribution in [3.05, 3.63) is 48.5 Å². The third-order valence-corrected chi connectivity index (χ3v) is 7.12. The molecule has 0 spiro atoms. The minimum atomic E-state index is -0.180. The summed E-state index contributed by atoms with van der Waals surface area (Å²) in [5, 5.41) is 18.5. The standard InChI is InChI=1S/C23H21N5O2S/c24-23-22-17(7-20(30-22)19-12-31-21-10-25-6-5-16(19)21)18(9-26-23)13-8-27-28(11-13)14-1-3-15(29)4-2-14/h5-12,14-15,29H,1-4H2,(H2,24,26)/t14-,15-. The number of rotatable bonds is 3. The number of hydrogen-bond donors (Lipinski definition) is 2. The average Bonchev–Trinajstić information content (AvgIpc) is 3.52. The highest BCUT2D eigenvalue weighted by Crippen LogP contribution is 2.40. The lowest BCUT2D eigenvalue weighted by Crippen LogP contribution is -2.21. The van der Waals surface area contributed by atoms with E-state index in [1.165, 1.54) is 0 Å². The normalized spacial score (nSPS) is 19.4. The van der Waals surface area contributed by atoms with Crippen molar-refractivity contribution < 1.29 is 9.52 Å². The Bertz CT molecular complexity index is 1390. The van der Waals surface area contributed by atoms with Crippen molar-refractivity contribution in [2.45, 2.75) is 37.8 Å². The number of fused-ring (bicyclic) bond motifs is 2. The summed E-state index contributed by atoms with van der Waals surface area (Å²) < 4.78 is 9.32. The molecule has 5 heterocycles. The summed E-state index contributed by atoms with van der Waals surface area (Å²) in [7, 11) is 0. The molecular formula is C23H21N5O2S. The van der Waals surface area contributed by atoms with Crippen molar-refractivity contribution in [3.8, 4) is 22.5 Å². The van der Waals surface area contributed by atoms with E-state index in [0.717, 1.165) is 63.6 Å². The minimum Gasteiger partial charge on any atom is -0.452 e. The van der Waals surface area contributed by atoms with Gasteiger partial charge in [-0.1, -0.05) is 0 Å². The van der Waals surface area contributed by atoms with Crippen LogP contribution in [0.5, 0.6) is 0 Å². The molecule has 156 valence electrons. The second-order valence-corrected chi connectivity index (χ2v) is 9.01. The van der Waals surface area contributed by atoms with Gasteiger partial charge >= 0.3 is 0 Å². The maximum Gasteiger partial charge on any atom is 0.177 e. The van der Waals surface area contributed by atoms with Crippen LogP contribution in [0.3, 0.4) is 0 Å². The van der Waals surface area contributed by atoms with Crippen LogP contribution >= 0.6 is 11.3 Å². The molecule has 5 aromatic rings. The Morgan fingerprint density at radius 3 is 2.84 bits per heavy atom. The predicted molar refractivity (Wildman–Crippen MR) is 122 cm³/mol. The molecule has 1 aliphatic rings. The maximum absolute atomic E-state index is 9.79. The van der Waals surface area contributed by atoms with Crippen molar-refractivity contribution in [2.75, 3.05) is 5.73 Å². The van der Waals surface area contributed by atoms with Gasteiger partial charge in [0.2, 0.25) is 0 Å². The smallest absolute Gasteiger partial charge is 0.177 e. The monoisotopic (exact) mass is 431 g/mol. The molecular weight excluding hydrogens is 410 g/mol. The van der Waals surface area contributed by atoms with E-state index in [1.54, 1.807) is 23.7 Å². The lowest BCUT2D eigenvalue weighted by Gasteiger charge is -2.25. The lowest BCUT2D eigenvalue weighted by atomic mass is 9.93. The van der Waals surface area contributed by atoms with Gasteiger partial charge < -0.3 is 15.3 Å². The van der Waals surface area contributed by atoms with Gasteiger partial charge in [0.25, 0.3) is 0 Å². The number of thiophene rings is 1. The Hall–Kier alpha value is -3.23. The zero-order chi connectivity index (χ0) is 20.9. The fraction of sp³-hybridized carbons (Fsp3) is 0.261. The first-order chi connectivity index (χ1) is 15.2. The largest absolute Gasteiger partial charge is 0.452 e. The molecule has 0 saturated heterocycles. The van der Waals surface area contributed by atoms with Crippen LogP contribution < -0.4 is 5.73 Å². The van der Waals surface area contributed by atoms with E-state index in [0.29, 0.717) is 17.4 Å². The topological polar surface area (TPSA) is 103 Å². The van der Waals surface area contributed by atoms with Gasteiger partial charge in [0.1, 0.15) is 5.76 Å². The zero-order valence-corrected chi connectivity index (χ0v) is 17.5. The predicted octanol–water partition coefficient (Wildman–Crippen LogP) is 5.03. The van der Waals surface area contributed by atoms with E-state index < -0.39 is 0 Å². The van der Waals surface area contributed by atoms with Crippen LogP contribution in [0.25, 0.3) is 43.5 Å². The fourth-order valence-corrected chi connectivity index (χ4v) is 5.39. The van der Waals surface area contributed by atoms with Gasteiger partial charge in [-0.3, -0.25) is 9.67 Å². The molecule has 31 heavy (non-hydrogen) atoms. The highest BCUT2D eigenvalue weighted by molar-refractivity contribution is 7.17. The highest BCUT2D eigenvalue weighted by Gasteiger charge is 2.22. The molecule has 0 bridgehead atoms. The Labute approximate surface area is 182 Å². The van der Waals surface area contributed by atoms with Crippen LogP contribution in [-0.4, -0.2) is 31.0 Å². The average molecular weight is 432 g/mol. The summed E-state index contributed by atoms with van der Waals surface area (Å²) in [6.07, 6.45) is 12.7. The molecule has 0 amide bonds. The molecule has 1 saturated carbocycles. The van der Waals surface area contributed by atoms with Gasteiger partial charge in [-0.2, -0.15) is 5.10 Å². The van der Waals surface area contributed by atoms with E-state index in [-0.39, 0.29) is 6.10 Å². The molecule has 1 aliphatic carbocycles. The van der Waals surface area contributed by atoms with Gasteiger partial charge in [0, 0.05) is 57.6 Å². The Kier molecular flexibility index (Phi) is 4.29. The summed E-state index contributed by atoms with van der Waals surface area (Å²) in [5.41, 5.74) is 9.71. The number of aromatic nitrogens is 4. The molecule has 7 nitrogen and oxygen atoms in total. The molecule has 0 radical (unpaired) electrons. The third kappa shape index (κ3) is 3.10. The number of nitrogens with zero attached hydrogens (tertiary/aromatic N) is 4. The van der Waals surface area contributed by atoms with Gasteiger partial charge in [0.15, 0.2) is 11.4 Å². The van der Waals surface area contributed by atoms with Crippen LogP contribution in [0.1, 0.15) is 31.7 Å². The van der Waals surface area contributed by atoms with Gasteiger partial charge in [-0.25, -0.2) is 4.98 Å². The number of aliphatic hydroxyl groups excluding tert-OH is 1. The molecule has 6 rings (SSSR count). The minimum absolute atomic E-state index is 0.180. The summed E-state index contributed by atoms with van der Waals surface area (Å²) in [5.74, 6) is 1.14. The first-order valence-corrected chi connectivity index (χ1v) is 11.3. The van der Waals surface area contributed by atoms with E-state index in [4.69, 9.17) is 10.2 Å². The van der Waals surface area contributed by atoms with Gasteiger partial charge in [0.05, 0.1) is 23.0 Å². The Morgan fingerprint density at radius 1 is 1.10 bits per heavy atom. The number of furan rings is 1. The number of hydrogen-bond acceptors (Lipinski definition) is 7. The van der Waals surface area contributed by atoms with Crippen molar-refractivity contribution in [2.24, 2.45) is 0 Å². The summed E-state index contributed by atoms with van der Waals surface area (Å²) in [6, 6.07) is 4.36. The second-order valence-electron chi connectivity index (χ2n) is 8.10. The molecule has 3 N–H and O–H groups in total. The van der Waals surface area contributed by atoms with E-state index >= 15 is 0 Å². The Balaban J connectivity index is 1.43. The third-order valence-electron chi connectivity index (χ3n) is 6.18. The van der Waals surface area contributed by atoms with Crippen LogP contribution in [0.2, 0.25) is 0 Å². The molecule has 0 aliphatic heterocycles. The molecule has 5 aromatic heterocycles.